The van der Waals surface area contributed by atoms with Crippen molar-refractivity contribution in [1.82, 2.24) is 19.8 Å². The molecule has 2 aromatic heterocycles. The molecule has 206 valence electrons. The van der Waals surface area contributed by atoms with Gasteiger partial charge in [-0.25, -0.2) is 0 Å². The molecule has 0 radical (unpaired) electrons. The van der Waals surface area contributed by atoms with E-state index in [1.54, 1.807) is 0 Å². The smallest absolute Gasteiger partial charge is 0.226 e. The van der Waals surface area contributed by atoms with Gasteiger partial charge in [-0.3, -0.25) is 9.78 Å². The lowest BCUT2D eigenvalue weighted by Gasteiger charge is -2.28. The second-order valence-corrected chi connectivity index (χ2v) is 10.9. The predicted octanol–water partition coefficient (Wildman–Crippen LogP) is 5.86. The van der Waals surface area contributed by atoms with Crippen LogP contribution in [0, 0.1) is 20.8 Å². The first-order valence-electron chi connectivity index (χ1n) is 13.5. The fraction of sp³-hybridized carbons (Fsp3) is 0.281. The normalized spacial score (nSPS) is 16.6. The number of amides is 1. The average Bonchev–Trinajstić information content (AvgIpc) is 3.43. The van der Waals surface area contributed by atoms with Crippen molar-refractivity contribution in [2.45, 2.75) is 39.3 Å². The summed E-state index contributed by atoms with van der Waals surface area (Å²) in [4.78, 5) is 21.8. The highest BCUT2D eigenvalue weighted by molar-refractivity contribution is 7.80. The maximum Gasteiger partial charge on any atom is 0.226 e. The molecular weight excluding hydrogens is 516 g/mol. The zero-order valence-electron chi connectivity index (χ0n) is 23.7. The number of hydrogen-bond donors (Lipinski definition) is 2. The quantitative estimate of drug-likeness (QED) is 0.267. The van der Waals surface area contributed by atoms with Crippen LogP contribution in [0.2, 0.25) is 0 Å². The van der Waals surface area contributed by atoms with Gasteiger partial charge in [-0.1, -0.05) is 23.8 Å². The second kappa shape index (κ2) is 11.5. The summed E-state index contributed by atoms with van der Waals surface area (Å²) in [5.74, 6) is -0.0434. The Balaban J connectivity index is 1.46. The van der Waals surface area contributed by atoms with E-state index in [4.69, 9.17) is 12.2 Å². The molecule has 1 amide bonds. The Hall–Kier alpha value is -4.17. The zero-order chi connectivity index (χ0) is 28.4. The zero-order valence-corrected chi connectivity index (χ0v) is 24.5. The van der Waals surface area contributed by atoms with Crippen molar-refractivity contribution in [3.63, 3.8) is 0 Å². The Morgan fingerprint density at radius 1 is 1.02 bits per heavy atom. The largest absolute Gasteiger partial charge is 0.378 e. The summed E-state index contributed by atoms with van der Waals surface area (Å²) in [6.45, 7) is 6.80. The molecule has 3 heterocycles. The Labute approximate surface area is 241 Å². The minimum Gasteiger partial charge on any atom is -0.378 e. The maximum atomic E-state index is 12.9. The van der Waals surface area contributed by atoms with Gasteiger partial charge in [0.15, 0.2) is 5.11 Å². The number of nitrogens with one attached hydrogen (secondary N) is 2. The Bertz CT molecular complexity index is 1500. The van der Waals surface area contributed by atoms with Crippen LogP contribution in [-0.4, -0.2) is 46.1 Å². The second-order valence-electron chi connectivity index (χ2n) is 10.6. The van der Waals surface area contributed by atoms with Gasteiger partial charge >= 0.3 is 0 Å². The molecule has 4 aromatic rings. The number of nitrogens with zero attached hydrogens (tertiary/aromatic N) is 4. The minimum atomic E-state index is -0.140. The molecule has 0 saturated carbocycles. The standard InChI is InChI=1S/C32H36N6OS/c1-21-9-11-24(12-10-21)34-29(39)17-19-37-31(30(35-32(37)40)28-8-6-7-18-33-28)27-20-22(2)38(23(27)3)26-15-13-25(14-16-26)36(4)5/h6-16,18,20,30-31H,17,19H2,1-5H3,(H,34,39)(H,35,40). The number of benzene rings is 2. The predicted molar refractivity (Wildman–Crippen MR) is 166 cm³/mol. The van der Waals surface area contributed by atoms with E-state index >= 15 is 0 Å². The average molecular weight is 553 g/mol. The van der Waals surface area contributed by atoms with Crippen LogP contribution in [0.1, 0.15) is 46.7 Å². The lowest BCUT2D eigenvalue weighted by atomic mass is 9.96. The number of aromatic nitrogens is 2. The van der Waals surface area contributed by atoms with Gasteiger partial charge in [0, 0.05) is 61.7 Å². The van der Waals surface area contributed by atoms with Gasteiger partial charge in [-0.15, -0.1) is 0 Å². The number of pyridine rings is 1. The van der Waals surface area contributed by atoms with Gasteiger partial charge in [-0.05, 0) is 93.1 Å². The Morgan fingerprint density at radius 3 is 2.40 bits per heavy atom. The maximum absolute atomic E-state index is 12.9. The van der Waals surface area contributed by atoms with Gasteiger partial charge < -0.3 is 25.0 Å². The van der Waals surface area contributed by atoms with E-state index in [0.29, 0.717) is 18.1 Å². The monoisotopic (exact) mass is 552 g/mol. The molecule has 8 heteroatoms. The molecule has 5 rings (SSSR count). The molecule has 1 aliphatic rings. The summed E-state index contributed by atoms with van der Waals surface area (Å²) in [5.41, 5.74) is 8.57. The van der Waals surface area contributed by atoms with Crippen molar-refractivity contribution in [3.05, 3.63) is 107 Å². The molecule has 0 spiro atoms. The van der Waals surface area contributed by atoms with Crippen LogP contribution in [0.5, 0.6) is 0 Å². The third kappa shape index (κ3) is 5.58. The molecule has 40 heavy (non-hydrogen) atoms. The van der Waals surface area contributed by atoms with Crippen LogP contribution in [0.25, 0.3) is 5.69 Å². The first-order valence-corrected chi connectivity index (χ1v) is 13.9. The molecule has 2 atom stereocenters. The van der Waals surface area contributed by atoms with Crippen molar-refractivity contribution >= 4 is 34.6 Å². The molecule has 2 unspecified atom stereocenters. The molecule has 0 aliphatic carbocycles. The lowest BCUT2D eigenvalue weighted by molar-refractivity contribution is -0.116. The number of thiocarbonyl (C=S) groups is 1. The number of hydrogen-bond acceptors (Lipinski definition) is 4. The molecule has 7 nitrogen and oxygen atoms in total. The van der Waals surface area contributed by atoms with Crippen LogP contribution in [-0.2, 0) is 4.79 Å². The first-order chi connectivity index (χ1) is 19.2. The minimum absolute atomic E-state index is 0.0434. The number of rotatable bonds is 8. The van der Waals surface area contributed by atoms with E-state index in [0.717, 1.165) is 45.3 Å². The third-order valence-electron chi connectivity index (χ3n) is 7.53. The lowest BCUT2D eigenvalue weighted by Crippen LogP contribution is -2.32. The topological polar surface area (TPSA) is 65.4 Å². The molecule has 1 fully saturated rings. The van der Waals surface area contributed by atoms with Gasteiger partial charge in [0.05, 0.1) is 17.8 Å². The molecule has 2 aromatic carbocycles. The van der Waals surface area contributed by atoms with Crippen LogP contribution in [0.4, 0.5) is 11.4 Å². The van der Waals surface area contributed by atoms with Gasteiger partial charge in [0.25, 0.3) is 0 Å². The first kappa shape index (κ1) is 27.4. The van der Waals surface area contributed by atoms with Crippen LogP contribution in [0.3, 0.4) is 0 Å². The highest BCUT2D eigenvalue weighted by atomic mass is 32.1. The summed E-state index contributed by atoms with van der Waals surface area (Å²) < 4.78 is 2.29. The fourth-order valence-electron chi connectivity index (χ4n) is 5.45. The van der Waals surface area contributed by atoms with Crippen LogP contribution in [0.15, 0.2) is 79.0 Å². The summed E-state index contributed by atoms with van der Waals surface area (Å²) >= 11 is 5.85. The van der Waals surface area contributed by atoms with Crippen LogP contribution >= 0.6 is 12.2 Å². The van der Waals surface area contributed by atoms with Crippen molar-refractivity contribution in [2.24, 2.45) is 0 Å². The Morgan fingerprint density at radius 2 is 1.75 bits per heavy atom. The van der Waals surface area contributed by atoms with E-state index in [2.05, 4.69) is 74.2 Å². The molecule has 2 N–H and O–H groups in total. The number of anilines is 2. The van der Waals surface area contributed by atoms with E-state index in [-0.39, 0.29) is 18.0 Å². The third-order valence-corrected chi connectivity index (χ3v) is 7.88. The molecular formula is C32H36N6OS. The highest BCUT2D eigenvalue weighted by Crippen LogP contribution is 2.41. The van der Waals surface area contributed by atoms with Crippen LogP contribution < -0.4 is 15.5 Å². The summed E-state index contributed by atoms with van der Waals surface area (Å²) in [6, 6.07) is 24.3. The van der Waals surface area contributed by atoms with E-state index in [9.17, 15) is 4.79 Å². The fourth-order valence-corrected chi connectivity index (χ4v) is 5.78. The van der Waals surface area contributed by atoms with Crippen molar-refractivity contribution < 1.29 is 4.79 Å². The van der Waals surface area contributed by atoms with Gasteiger partial charge in [0.1, 0.15) is 0 Å². The van der Waals surface area contributed by atoms with Crippen molar-refractivity contribution in [1.29, 1.82) is 0 Å². The van der Waals surface area contributed by atoms with E-state index in [1.807, 2.05) is 69.7 Å². The van der Waals surface area contributed by atoms with E-state index < -0.39 is 0 Å². The molecule has 1 aliphatic heterocycles. The van der Waals surface area contributed by atoms with Crippen molar-refractivity contribution in [3.8, 4) is 5.69 Å². The highest BCUT2D eigenvalue weighted by Gasteiger charge is 2.41. The number of aryl methyl sites for hydroxylation is 2. The summed E-state index contributed by atoms with van der Waals surface area (Å²) in [7, 11) is 4.09. The van der Waals surface area contributed by atoms with Gasteiger partial charge in [0.2, 0.25) is 5.91 Å². The molecule has 1 saturated heterocycles. The number of carbonyl (C=O) groups is 1. The Kier molecular flexibility index (Phi) is 7.89. The summed E-state index contributed by atoms with van der Waals surface area (Å²) in [6.07, 6.45) is 2.12. The number of carbonyl (C=O) groups excluding carboxylic acids is 1. The molecule has 0 bridgehead atoms. The summed E-state index contributed by atoms with van der Waals surface area (Å²) in [5, 5.41) is 7.16. The van der Waals surface area contributed by atoms with E-state index in [1.165, 1.54) is 0 Å². The van der Waals surface area contributed by atoms with Crippen molar-refractivity contribution in [2.75, 3.05) is 30.9 Å². The SMILES string of the molecule is Cc1ccc(NC(=O)CCN2C(=S)NC(c3ccccn3)C2c2cc(C)n(-c3ccc(N(C)C)cc3)c2C)cc1. The van der Waals surface area contributed by atoms with Gasteiger partial charge in [-0.2, -0.15) is 0 Å².